The number of hydrazone groups is 1. The van der Waals surface area contributed by atoms with Gasteiger partial charge in [0.05, 0.1) is 11.9 Å². The van der Waals surface area contributed by atoms with Crippen LogP contribution in [0.5, 0.6) is 5.75 Å². The van der Waals surface area contributed by atoms with Crippen LogP contribution in [0.2, 0.25) is 0 Å². The summed E-state index contributed by atoms with van der Waals surface area (Å²) in [6.07, 6.45) is 1.67. The lowest BCUT2D eigenvalue weighted by Gasteiger charge is -2.07. The summed E-state index contributed by atoms with van der Waals surface area (Å²) >= 11 is 1.48. The molecule has 0 saturated carbocycles. The van der Waals surface area contributed by atoms with Crippen LogP contribution in [0.3, 0.4) is 0 Å². The Morgan fingerprint density at radius 1 is 1.00 bits per heavy atom. The van der Waals surface area contributed by atoms with E-state index in [1.54, 1.807) is 18.3 Å². The van der Waals surface area contributed by atoms with Gasteiger partial charge in [0, 0.05) is 22.6 Å². The Balaban J connectivity index is 1.31. The van der Waals surface area contributed by atoms with E-state index in [9.17, 15) is 8.78 Å². The molecule has 0 unspecified atom stereocenters. The van der Waals surface area contributed by atoms with Crippen molar-refractivity contribution in [1.29, 1.82) is 0 Å². The lowest BCUT2D eigenvalue weighted by Crippen LogP contribution is -1.99. The number of thiazole rings is 1. The number of nitrogens with one attached hydrogen (secondary N) is 1. The zero-order valence-corrected chi connectivity index (χ0v) is 16.6. The van der Waals surface area contributed by atoms with E-state index in [4.69, 9.17) is 4.74 Å². The van der Waals surface area contributed by atoms with Gasteiger partial charge in [-0.05, 0) is 42.0 Å². The zero-order valence-electron chi connectivity index (χ0n) is 15.8. The lowest BCUT2D eigenvalue weighted by atomic mass is 10.2. The fraction of sp³-hybridized carbons (Fsp3) is 0.0435. The van der Waals surface area contributed by atoms with Crippen molar-refractivity contribution < 1.29 is 13.5 Å². The Morgan fingerprint density at radius 2 is 1.80 bits per heavy atom. The van der Waals surface area contributed by atoms with Crippen molar-refractivity contribution in [2.24, 2.45) is 5.10 Å². The van der Waals surface area contributed by atoms with Gasteiger partial charge in [-0.2, -0.15) is 5.10 Å². The Hall–Kier alpha value is -3.58. The first-order valence-corrected chi connectivity index (χ1v) is 10.0. The van der Waals surface area contributed by atoms with Crippen LogP contribution in [-0.2, 0) is 6.61 Å². The summed E-state index contributed by atoms with van der Waals surface area (Å²) in [5, 5.41) is 6.88. The lowest BCUT2D eigenvalue weighted by molar-refractivity contribution is 0.299. The maximum absolute atomic E-state index is 13.6. The molecule has 0 aliphatic rings. The van der Waals surface area contributed by atoms with Crippen molar-refractivity contribution in [1.82, 2.24) is 4.98 Å². The van der Waals surface area contributed by atoms with Gasteiger partial charge in [0.2, 0.25) is 5.13 Å². The first-order valence-electron chi connectivity index (χ1n) is 9.14. The molecule has 4 aromatic rings. The maximum atomic E-state index is 13.6. The third kappa shape index (κ3) is 5.07. The number of nitrogens with zero attached hydrogens (tertiary/aromatic N) is 2. The van der Waals surface area contributed by atoms with Crippen molar-refractivity contribution in [3.63, 3.8) is 0 Å². The van der Waals surface area contributed by atoms with E-state index in [1.165, 1.54) is 23.5 Å². The third-order valence-corrected chi connectivity index (χ3v) is 4.98. The first kappa shape index (κ1) is 19.7. The van der Waals surface area contributed by atoms with Crippen molar-refractivity contribution in [3.8, 4) is 17.0 Å². The molecule has 0 atom stereocenters. The smallest absolute Gasteiger partial charge is 0.203 e. The number of rotatable bonds is 7. The van der Waals surface area contributed by atoms with Gasteiger partial charge >= 0.3 is 0 Å². The molecule has 0 amide bonds. The van der Waals surface area contributed by atoms with Crippen molar-refractivity contribution in [2.75, 3.05) is 5.43 Å². The molecule has 0 fully saturated rings. The van der Waals surface area contributed by atoms with Crippen molar-refractivity contribution in [3.05, 3.63) is 101 Å². The standard InChI is InChI=1S/C23H17F2N3OS/c24-19-9-8-18(21(25)12-19)14-29-20-10-6-16(7-11-20)13-26-28-23-27-22(15-30-23)17-4-2-1-3-5-17/h1-13,15H,14H2,(H,27,28). The van der Waals surface area contributed by atoms with Crippen LogP contribution in [0.25, 0.3) is 11.3 Å². The van der Waals surface area contributed by atoms with Gasteiger partial charge in [-0.3, -0.25) is 5.43 Å². The molecule has 4 rings (SSSR count). The van der Waals surface area contributed by atoms with Crippen LogP contribution in [-0.4, -0.2) is 11.2 Å². The van der Waals surface area contributed by atoms with Crippen LogP contribution in [0.1, 0.15) is 11.1 Å². The largest absolute Gasteiger partial charge is 0.489 e. The number of anilines is 1. The Bertz CT molecular complexity index is 1140. The summed E-state index contributed by atoms with van der Waals surface area (Å²) in [6, 6.07) is 20.6. The third-order valence-electron chi connectivity index (χ3n) is 4.24. The monoisotopic (exact) mass is 421 g/mol. The molecule has 0 spiro atoms. The van der Waals surface area contributed by atoms with E-state index in [0.717, 1.165) is 22.9 Å². The van der Waals surface area contributed by atoms with Gasteiger partial charge in [-0.1, -0.05) is 30.3 Å². The highest BCUT2D eigenvalue weighted by molar-refractivity contribution is 7.14. The highest BCUT2D eigenvalue weighted by Crippen LogP contribution is 2.24. The van der Waals surface area contributed by atoms with Crippen molar-refractivity contribution >= 4 is 22.7 Å². The molecule has 4 nitrogen and oxygen atoms in total. The normalized spacial score (nSPS) is 11.0. The summed E-state index contributed by atoms with van der Waals surface area (Å²) in [5.41, 5.74) is 6.05. The first-order chi connectivity index (χ1) is 14.7. The summed E-state index contributed by atoms with van der Waals surface area (Å²) in [4.78, 5) is 4.51. The van der Waals surface area contributed by atoms with E-state index < -0.39 is 11.6 Å². The van der Waals surface area contributed by atoms with E-state index in [-0.39, 0.29) is 6.61 Å². The average molecular weight is 421 g/mol. The summed E-state index contributed by atoms with van der Waals surface area (Å²) in [7, 11) is 0. The molecule has 3 aromatic carbocycles. The predicted octanol–water partition coefficient (Wildman–Crippen LogP) is 6.11. The number of hydrogen-bond donors (Lipinski definition) is 1. The van der Waals surface area contributed by atoms with Crippen LogP contribution < -0.4 is 10.2 Å². The minimum Gasteiger partial charge on any atom is -0.489 e. The van der Waals surface area contributed by atoms with Gasteiger partial charge in [0.25, 0.3) is 0 Å². The molecule has 0 aliphatic heterocycles. The number of hydrogen-bond acceptors (Lipinski definition) is 5. The van der Waals surface area contributed by atoms with E-state index in [1.807, 2.05) is 47.8 Å². The molecule has 0 bridgehead atoms. The summed E-state index contributed by atoms with van der Waals surface area (Å²) in [6.45, 7) is 0.0227. The van der Waals surface area contributed by atoms with Crippen LogP contribution >= 0.6 is 11.3 Å². The van der Waals surface area contributed by atoms with Crippen LogP contribution in [0.4, 0.5) is 13.9 Å². The molecule has 1 aromatic heterocycles. The number of aromatic nitrogens is 1. The average Bonchev–Trinajstić information content (AvgIpc) is 3.24. The fourth-order valence-electron chi connectivity index (χ4n) is 2.68. The molecule has 150 valence electrons. The molecular formula is C23H17F2N3OS. The highest BCUT2D eigenvalue weighted by atomic mass is 32.1. The molecule has 7 heteroatoms. The number of halogens is 2. The Kier molecular flexibility index (Phi) is 6.10. The highest BCUT2D eigenvalue weighted by Gasteiger charge is 2.05. The Labute approximate surface area is 176 Å². The summed E-state index contributed by atoms with van der Waals surface area (Å²) in [5.74, 6) is -0.652. The van der Waals surface area contributed by atoms with Gasteiger partial charge in [-0.15, -0.1) is 11.3 Å². The molecule has 0 aliphatic carbocycles. The Morgan fingerprint density at radius 3 is 2.57 bits per heavy atom. The van der Waals surface area contributed by atoms with E-state index in [0.29, 0.717) is 16.4 Å². The predicted molar refractivity (Wildman–Crippen MR) is 116 cm³/mol. The zero-order chi connectivity index (χ0) is 20.8. The van der Waals surface area contributed by atoms with Gasteiger partial charge < -0.3 is 4.74 Å². The number of benzene rings is 3. The molecule has 1 N–H and O–H groups in total. The van der Waals surface area contributed by atoms with Crippen LogP contribution in [0.15, 0.2) is 83.3 Å². The summed E-state index contributed by atoms with van der Waals surface area (Å²) < 4.78 is 32.1. The van der Waals surface area contributed by atoms with Crippen molar-refractivity contribution in [2.45, 2.75) is 6.61 Å². The second-order valence-electron chi connectivity index (χ2n) is 6.37. The van der Waals surface area contributed by atoms with E-state index in [2.05, 4.69) is 15.5 Å². The fourth-order valence-corrected chi connectivity index (χ4v) is 3.35. The van der Waals surface area contributed by atoms with Crippen LogP contribution in [0, 0.1) is 11.6 Å². The van der Waals surface area contributed by atoms with E-state index >= 15 is 0 Å². The molecule has 0 radical (unpaired) electrons. The minimum atomic E-state index is -0.623. The maximum Gasteiger partial charge on any atom is 0.203 e. The molecule has 0 saturated heterocycles. The topological polar surface area (TPSA) is 46.5 Å². The van der Waals surface area contributed by atoms with Gasteiger partial charge in [0.1, 0.15) is 24.0 Å². The molecule has 1 heterocycles. The quantitative estimate of drug-likeness (QED) is 0.289. The minimum absolute atomic E-state index is 0.0227. The van der Waals surface area contributed by atoms with Gasteiger partial charge in [-0.25, -0.2) is 13.8 Å². The number of ether oxygens (including phenoxy) is 1. The van der Waals surface area contributed by atoms with Gasteiger partial charge in [0.15, 0.2) is 0 Å². The second kappa shape index (κ2) is 9.28. The molecular weight excluding hydrogens is 404 g/mol. The second-order valence-corrected chi connectivity index (χ2v) is 7.23. The molecule has 30 heavy (non-hydrogen) atoms. The SMILES string of the molecule is Fc1ccc(COc2ccc(C=NNc3nc(-c4ccccc4)cs3)cc2)c(F)c1.